The first-order chi connectivity index (χ1) is 15.8. The van der Waals surface area contributed by atoms with Crippen molar-refractivity contribution in [2.24, 2.45) is 0 Å². The van der Waals surface area contributed by atoms with Crippen molar-refractivity contribution in [2.45, 2.75) is 96.8 Å². The van der Waals surface area contributed by atoms with Gasteiger partial charge < -0.3 is 4.79 Å². The molecule has 32 heavy (non-hydrogen) atoms. The summed E-state index contributed by atoms with van der Waals surface area (Å²) in [6.07, 6.45) is 17.0. The van der Waals surface area contributed by atoms with Crippen LogP contribution in [-0.2, 0) is 16.3 Å². The number of para-hydroxylation sites is 2. The maximum atomic E-state index is 10.9. The van der Waals surface area contributed by atoms with Crippen LogP contribution in [-0.4, -0.2) is 5.78 Å². The van der Waals surface area contributed by atoms with Crippen LogP contribution in [0.5, 0.6) is 11.5 Å². The Hall–Kier alpha value is -2.33. The lowest BCUT2D eigenvalue weighted by Gasteiger charge is -2.09. The van der Waals surface area contributed by atoms with Gasteiger partial charge in [-0.2, -0.15) is 0 Å². The molecule has 0 heterocycles. The molecule has 0 radical (unpaired) electrons. The minimum absolute atomic E-state index is 0.324. The Bertz CT molecular complexity index is 729. The topological polar surface area (TPSA) is 44.8 Å². The molecule has 0 unspecified atom stereocenters. The number of rotatable bonds is 19. The van der Waals surface area contributed by atoms with Gasteiger partial charge in [-0.15, -0.1) is 0 Å². The molecule has 0 atom stereocenters. The van der Waals surface area contributed by atoms with Crippen LogP contribution in [0.2, 0.25) is 0 Å². The molecule has 0 amide bonds. The van der Waals surface area contributed by atoms with Crippen LogP contribution in [0, 0.1) is 0 Å². The Labute approximate surface area is 194 Å². The molecule has 0 spiro atoms. The SMILES string of the molecule is CC(=O)CCCCCCCCCCCCCCc1ccccc1OOOc1ccccc1. The highest BCUT2D eigenvalue weighted by Crippen LogP contribution is 2.22. The molecule has 4 heteroatoms. The Kier molecular flexibility index (Phi) is 14.0. The summed E-state index contributed by atoms with van der Waals surface area (Å²) in [4.78, 5) is 21.4. The third-order valence-corrected chi connectivity index (χ3v) is 5.69. The Morgan fingerprint density at radius 3 is 1.78 bits per heavy atom. The Morgan fingerprint density at radius 2 is 1.16 bits per heavy atom. The van der Waals surface area contributed by atoms with Crippen molar-refractivity contribution in [3.63, 3.8) is 0 Å². The third kappa shape index (κ3) is 12.5. The number of aryl methyl sites for hydroxylation is 1. The van der Waals surface area contributed by atoms with Gasteiger partial charge >= 0.3 is 0 Å². The highest BCUT2D eigenvalue weighted by molar-refractivity contribution is 5.75. The first kappa shape index (κ1) is 25.9. The van der Waals surface area contributed by atoms with E-state index in [0.717, 1.165) is 31.2 Å². The fraction of sp³-hybridized carbons (Fsp3) is 0.536. The summed E-state index contributed by atoms with van der Waals surface area (Å²) in [7, 11) is 0. The summed E-state index contributed by atoms with van der Waals surface area (Å²) in [5.41, 5.74) is 1.15. The van der Waals surface area contributed by atoms with Crippen molar-refractivity contribution in [1.29, 1.82) is 0 Å². The van der Waals surface area contributed by atoms with E-state index in [2.05, 4.69) is 6.07 Å². The molecular weight excluding hydrogens is 400 g/mol. The molecule has 176 valence electrons. The predicted molar refractivity (Wildman–Crippen MR) is 130 cm³/mol. The van der Waals surface area contributed by atoms with Crippen LogP contribution in [0.4, 0.5) is 0 Å². The number of carbonyl (C=O) groups is 1. The van der Waals surface area contributed by atoms with Gasteiger partial charge in [0.15, 0.2) is 11.5 Å². The minimum atomic E-state index is 0.324. The number of Topliss-reactive ketones (excluding diaryl/α,β-unsaturated/α-hetero) is 1. The maximum absolute atomic E-state index is 10.9. The molecule has 0 saturated heterocycles. The summed E-state index contributed by atoms with van der Waals surface area (Å²) >= 11 is 0. The van der Waals surface area contributed by atoms with Gasteiger partial charge in [0.2, 0.25) is 0 Å². The molecule has 0 aromatic heterocycles. The van der Waals surface area contributed by atoms with Crippen molar-refractivity contribution in [1.82, 2.24) is 0 Å². The zero-order chi connectivity index (χ0) is 22.7. The third-order valence-electron chi connectivity index (χ3n) is 5.69. The van der Waals surface area contributed by atoms with E-state index in [1.165, 1.54) is 64.2 Å². The van der Waals surface area contributed by atoms with E-state index < -0.39 is 0 Å². The van der Waals surface area contributed by atoms with Crippen LogP contribution < -0.4 is 9.78 Å². The molecule has 2 aromatic rings. The van der Waals surface area contributed by atoms with Crippen molar-refractivity contribution < 1.29 is 19.6 Å². The van der Waals surface area contributed by atoms with E-state index in [1.54, 1.807) is 6.92 Å². The fourth-order valence-corrected chi connectivity index (χ4v) is 3.82. The van der Waals surface area contributed by atoms with E-state index in [4.69, 9.17) is 14.8 Å². The lowest BCUT2D eigenvalue weighted by molar-refractivity contribution is -0.411. The van der Waals surface area contributed by atoms with Gasteiger partial charge in [-0.05, 0) is 49.9 Å². The normalized spacial score (nSPS) is 10.8. The van der Waals surface area contributed by atoms with Crippen LogP contribution in [0.15, 0.2) is 54.6 Å². The van der Waals surface area contributed by atoms with Crippen LogP contribution in [0.3, 0.4) is 0 Å². The second kappa shape index (κ2) is 17.3. The van der Waals surface area contributed by atoms with Crippen LogP contribution in [0.1, 0.15) is 96.0 Å². The highest BCUT2D eigenvalue weighted by atomic mass is 17.5. The summed E-state index contributed by atoms with van der Waals surface area (Å²) in [5.74, 6) is 1.64. The lowest BCUT2D eigenvalue weighted by atomic mass is 10.0. The Morgan fingerprint density at radius 1 is 0.625 bits per heavy atom. The summed E-state index contributed by atoms with van der Waals surface area (Å²) < 4.78 is 0. The average molecular weight is 441 g/mol. The van der Waals surface area contributed by atoms with Crippen molar-refractivity contribution >= 4 is 5.78 Å². The Balaban J connectivity index is 1.45. The number of ketones is 1. The maximum Gasteiger partial charge on any atom is 0.172 e. The van der Waals surface area contributed by atoms with Gasteiger partial charge in [0, 0.05) is 11.5 Å². The first-order valence-corrected chi connectivity index (χ1v) is 12.4. The number of benzene rings is 2. The van der Waals surface area contributed by atoms with E-state index >= 15 is 0 Å². The van der Waals surface area contributed by atoms with Crippen molar-refractivity contribution in [3.05, 3.63) is 60.2 Å². The fourth-order valence-electron chi connectivity index (χ4n) is 3.82. The summed E-state index contributed by atoms with van der Waals surface area (Å²) in [6.45, 7) is 1.69. The second-order valence-electron chi connectivity index (χ2n) is 8.60. The first-order valence-electron chi connectivity index (χ1n) is 12.4. The van der Waals surface area contributed by atoms with Gasteiger partial charge in [-0.3, -0.25) is 9.78 Å². The number of carbonyl (C=O) groups excluding carboxylic acids is 1. The minimum Gasteiger partial charge on any atom is -0.300 e. The molecule has 0 aliphatic rings. The molecule has 0 aliphatic heterocycles. The molecule has 2 aromatic carbocycles. The largest absolute Gasteiger partial charge is 0.300 e. The van der Waals surface area contributed by atoms with Crippen molar-refractivity contribution in [3.8, 4) is 11.5 Å². The number of hydrogen-bond acceptors (Lipinski definition) is 4. The second-order valence-corrected chi connectivity index (χ2v) is 8.60. The standard InChI is InChI=1S/C28H40O4/c1-25(29)19-13-10-8-6-4-2-3-5-7-9-11-14-20-26-21-17-18-24-28(26)31-32-30-27-22-15-12-16-23-27/h12,15-18,21-24H,2-11,13-14,19-20H2,1H3. The van der Waals surface area contributed by atoms with Gasteiger partial charge in [-0.25, -0.2) is 0 Å². The molecule has 0 saturated carbocycles. The van der Waals surface area contributed by atoms with Crippen LogP contribution >= 0.6 is 0 Å². The van der Waals surface area contributed by atoms with E-state index in [-0.39, 0.29) is 0 Å². The van der Waals surface area contributed by atoms with Gasteiger partial charge in [0.05, 0.1) is 0 Å². The van der Waals surface area contributed by atoms with E-state index in [1.807, 2.05) is 48.5 Å². The van der Waals surface area contributed by atoms with E-state index in [9.17, 15) is 4.79 Å². The molecule has 2 rings (SSSR count). The molecule has 0 N–H and O–H groups in total. The predicted octanol–water partition coefficient (Wildman–Crippen LogP) is 8.19. The lowest BCUT2D eigenvalue weighted by Crippen LogP contribution is -2.03. The zero-order valence-electron chi connectivity index (χ0n) is 19.7. The molecule has 0 aliphatic carbocycles. The van der Waals surface area contributed by atoms with Crippen molar-refractivity contribution in [2.75, 3.05) is 0 Å². The summed E-state index contributed by atoms with van der Waals surface area (Å²) in [5, 5.41) is 4.96. The zero-order valence-corrected chi connectivity index (χ0v) is 19.7. The molecular formula is C28H40O4. The van der Waals surface area contributed by atoms with Gasteiger partial charge in [-0.1, -0.05) is 101 Å². The average Bonchev–Trinajstić information content (AvgIpc) is 2.80. The molecule has 0 fully saturated rings. The summed E-state index contributed by atoms with van der Waals surface area (Å²) in [6, 6.07) is 17.3. The molecule has 0 bridgehead atoms. The monoisotopic (exact) mass is 440 g/mol. The van der Waals surface area contributed by atoms with E-state index in [0.29, 0.717) is 17.3 Å². The van der Waals surface area contributed by atoms with Gasteiger partial charge in [0.25, 0.3) is 0 Å². The number of hydrogen-bond donors (Lipinski definition) is 0. The smallest absolute Gasteiger partial charge is 0.172 e. The quantitative estimate of drug-likeness (QED) is 0.125. The molecule has 4 nitrogen and oxygen atoms in total. The van der Waals surface area contributed by atoms with Crippen LogP contribution in [0.25, 0.3) is 0 Å². The highest BCUT2D eigenvalue weighted by Gasteiger charge is 2.05. The number of unbranched alkanes of at least 4 members (excludes halogenated alkanes) is 11. The van der Waals surface area contributed by atoms with Gasteiger partial charge in [0.1, 0.15) is 5.78 Å².